The molecular formula is C10H16N2O2S. The van der Waals surface area contributed by atoms with Crippen molar-refractivity contribution in [2.45, 2.75) is 32.9 Å². The van der Waals surface area contributed by atoms with Crippen LogP contribution < -0.4 is 0 Å². The summed E-state index contributed by atoms with van der Waals surface area (Å²) in [4.78, 5) is 18.0. The van der Waals surface area contributed by atoms with Crippen LogP contribution in [0.3, 0.4) is 0 Å². The standard InChI is InChI=1S/C10H16N2O2S/c1-7-11-5-8(15-7)6-12(4)10(2,3)9(13)14/h5H,6H2,1-4H3,(H,13,14). The molecule has 0 unspecified atom stereocenters. The number of likely N-dealkylation sites (N-methyl/N-ethyl adjacent to an activating group) is 1. The Morgan fingerprint density at radius 3 is 2.67 bits per heavy atom. The summed E-state index contributed by atoms with van der Waals surface area (Å²) < 4.78 is 0. The maximum absolute atomic E-state index is 11.0. The fourth-order valence-corrected chi connectivity index (χ4v) is 1.92. The van der Waals surface area contributed by atoms with Gasteiger partial charge < -0.3 is 5.11 Å². The van der Waals surface area contributed by atoms with Crippen LogP contribution >= 0.6 is 11.3 Å². The van der Waals surface area contributed by atoms with Crippen molar-refractivity contribution in [1.82, 2.24) is 9.88 Å². The first-order valence-electron chi connectivity index (χ1n) is 4.70. The largest absolute Gasteiger partial charge is 0.480 e. The molecule has 4 nitrogen and oxygen atoms in total. The van der Waals surface area contributed by atoms with Crippen LogP contribution in [0.25, 0.3) is 0 Å². The molecule has 0 saturated carbocycles. The van der Waals surface area contributed by atoms with Gasteiger partial charge in [-0.05, 0) is 27.8 Å². The first kappa shape index (κ1) is 12.1. The monoisotopic (exact) mass is 228 g/mol. The Kier molecular flexibility index (Phi) is 3.46. The second-order valence-corrected chi connectivity index (χ2v) is 5.39. The van der Waals surface area contributed by atoms with Crippen LogP contribution in [-0.2, 0) is 11.3 Å². The summed E-state index contributed by atoms with van der Waals surface area (Å²) in [6.45, 7) is 5.95. The minimum absolute atomic E-state index is 0.616. The van der Waals surface area contributed by atoms with Crippen molar-refractivity contribution in [2.24, 2.45) is 0 Å². The van der Waals surface area contributed by atoms with E-state index >= 15 is 0 Å². The van der Waals surface area contributed by atoms with Crippen LogP contribution in [0.15, 0.2) is 6.20 Å². The highest BCUT2D eigenvalue weighted by Crippen LogP contribution is 2.19. The molecule has 0 atom stereocenters. The summed E-state index contributed by atoms with van der Waals surface area (Å²) in [5, 5.41) is 10.0. The van der Waals surface area contributed by atoms with Gasteiger partial charge in [0, 0.05) is 17.6 Å². The molecule has 1 heterocycles. The molecule has 1 aromatic rings. The van der Waals surface area contributed by atoms with Gasteiger partial charge in [0.2, 0.25) is 0 Å². The molecule has 1 N–H and O–H groups in total. The van der Waals surface area contributed by atoms with Crippen LogP contribution in [0.4, 0.5) is 0 Å². The van der Waals surface area contributed by atoms with Gasteiger partial charge in [0.05, 0.1) is 5.01 Å². The summed E-state index contributed by atoms with van der Waals surface area (Å²) in [5.74, 6) is -0.814. The normalized spacial score (nSPS) is 12.1. The third-order valence-electron chi connectivity index (χ3n) is 2.54. The molecule has 0 saturated heterocycles. The van der Waals surface area contributed by atoms with E-state index in [1.165, 1.54) is 0 Å². The molecule has 0 aliphatic heterocycles. The van der Waals surface area contributed by atoms with E-state index in [2.05, 4.69) is 4.98 Å². The second kappa shape index (κ2) is 4.28. The van der Waals surface area contributed by atoms with Crippen LogP contribution in [0, 0.1) is 6.92 Å². The molecule has 1 rings (SSSR count). The third-order valence-corrected chi connectivity index (χ3v) is 3.44. The molecule has 0 aliphatic carbocycles. The van der Waals surface area contributed by atoms with E-state index in [4.69, 9.17) is 5.11 Å². The number of aromatic nitrogens is 1. The lowest BCUT2D eigenvalue weighted by atomic mass is 10.0. The lowest BCUT2D eigenvalue weighted by Crippen LogP contribution is -2.47. The highest BCUT2D eigenvalue weighted by atomic mass is 32.1. The van der Waals surface area contributed by atoms with Crippen molar-refractivity contribution in [3.8, 4) is 0 Å². The molecule has 0 fully saturated rings. The molecule has 0 bridgehead atoms. The van der Waals surface area contributed by atoms with Crippen LogP contribution in [0.2, 0.25) is 0 Å². The lowest BCUT2D eigenvalue weighted by Gasteiger charge is -2.30. The van der Waals surface area contributed by atoms with E-state index in [-0.39, 0.29) is 0 Å². The van der Waals surface area contributed by atoms with E-state index in [1.807, 2.05) is 18.9 Å². The van der Waals surface area contributed by atoms with Gasteiger partial charge >= 0.3 is 5.97 Å². The SMILES string of the molecule is Cc1ncc(CN(C)C(C)(C)C(=O)O)s1. The third kappa shape index (κ3) is 2.76. The predicted octanol–water partition coefficient (Wildman–Crippen LogP) is 1.75. The van der Waals surface area contributed by atoms with Gasteiger partial charge in [-0.2, -0.15) is 0 Å². The minimum Gasteiger partial charge on any atom is -0.480 e. The quantitative estimate of drug-likeness (QED) is 0.853. The van der Waals surface area contributed by atoms with E-state index in [1.54, 1.807) is 31.4 Å². The maximum atomic E-state index is 11.0. The first-order chi connectivity index (χ1) is 6.84. The number of carboxylic acids is 1. The van der Waals surface area contributed by atoms with E-state index < -0.39 is 11.5 Å². The van der Waals surface area contributed by atoms with E-state index in [9.17, 15) is 4.79 Å². The summed E-state index contributed by atoms with van der Waals surface area (Å²) in [6, 6.07) is 0. The fourth-order valence-electron chi connectivity index (χ4n) is 1.07. The maximum Gasteiger partial charge on any atom is 0.323 e. The van der Waals surface area contributed by atoms with Gasteiger partial charge in [0.1, 0.15) is 5.54 Å². The smallest absolute Gasteiger partial charge is 0.323 e. The summed E-state index contributed by atoms with van der Waals surface area (Å²) in [5.41, 5.74) is -0.849. The molecule has 84 valence electrons. The molecular weight excluding hydrogens is 212 g/mol. The zero-order valence-electron chi connectivity index (χ0n) is 9.44. The van der Waals surface area contributed by atoms with Crippen molar-refractivity contribution in [2.75, 3.05) is 7.05 Å². The zero-order valence-corrected chi connectivity index (χ0v) is 10.3. The predicted molar refractivity (Wildman–Crippen MR) is 60.0 cm³/mol. The van der Waals surface area contributed by atoms with Gasteiger partial charge in [-0.3, -0.25) is 9.69 Å². The number of aryl methyl sites for hydroxylation is 1. The Hall–Kier alpha value is -0.940. The second-order valence-electron chi connectivity index (χ2n) is 4.07. The summed E-state index contributed by atoms with van der Waals surface area (Å²) >= 11 is 1.60. The summed E-state index contributed by atoms with van der Waals surface area (Å²) in [7, 11) is 1.81. The van der Waals surface area contributed by atoms with E-state index in [0.29, 0.717) is 6.54 Å². The Bertz CT molecular complexity index is 360. The Morgan fingerprint density at radius 2 is 2.27 bits per heavy atom. The number of rotatable bonds is 4. The number of carbonyl (C=O) groups is 1. The molecule has 0 aliphatic rings. The fraction of sp³-hybridized carbons (Fsp3) is 0.600. The molecule has 15 heavy (non-hydrogen) atoms. The molecule has 0 radical (unpaired) electrons. The molecule has 0 aromatic carbocycles. The Balaban J connectivity index is 2.71. The van der Waals surface area contributed by atoms with Gasteiger partial charge in [0.15, 0.2) is 0 Å². The Labute approximate surface area is 93.6 Å². The number of thiazole rings is 1. The van der Waals surface area contributed by atoms with Crippen LogP contribution in [0.5, 0.6) is 0 Å². The van der Waals surface area contributed by atoms with Gasteiger partial charge in [-0.1, -0.05) is 0 Å². The summed E-state index contributed by atoms with van der Waals surface area (Å²) in [6.07, 6.45) is 1.80. The topological polar surface area (TPSA) is 53.4 Å². The molecule has 0 amide bonds. The lowest BCUT2D eigenvalue weighted by molar-refractivity contribution is -0.148. The first-order valence-corrected chi connectivity index (χ1v) is 5.51. The number of aliphatic carboxylic acids is 1. The van der Waals surface area contributed by atoms with Crippen LogP contribution in [-0.4, -0.2) is 33.5 Å². The minimum atomic E-state index is -0.849. The van der Waals surface area contributed by atoms with Gasteiger partial charge in [-0.25, -0.2) is 4.98 Å². The van der Waals surface area contributed by atoms with Gasteiger partial charge in [-0.15, -0.1) is 11.3 Å². The number of hydrogen-bond donors (Lipinski definition) is 1. The zero-order chi connectivity index (χ0) is 11.6. The van der Waals surface area contributed by atoms with Crippen molar-refractivity contribution in [3.05, 3.63) is 16.1 Å². The molecule has 0 spiro atoms. The van der Waals surface area contributed by atoms with E-state index in [0.717, 1.165) is 9.88 Å². The number of carboxylic acid groups (broad SMARTS) is 1. The van der Waals surface area contributed by atoms with Gasteiger partial charge in [0.25, 0.3) is 0 Å². The molecule has 5 heteroatoms. The van der Waals surface area contributed by atoms with Crippen molar-refractivity contribution in [3.63, 3.8) is 0 Å². The highest BCUT2D eigenvalue weighted by molar-refractivity contribution is 7.11. The number of nitrogens with zero attached hydrogens (tertiary/aromatic N) is 2. The van der Waals surface area contributed by atoms with Crippen molar-refractivity contribution < 1.29 is 9.90 Å². The van der Waals surface area contributed by atoms with Crippen LogP contribution in [0.1, 0.15) is 23.7 Å². The average molecular weight is 228 g/mol. The number of hydrogen-bond acceptors (Lipinski definition) is 4. The average Bonchev–Trinajstić information content (AvgIpc) is 2.50. The molecule has 1 aromatic heterocycles. The Morgan fingerprint density at radius 1 is 1.67 bits per heavy atom. The van der Waals surface area contributed by atoms with Crippen molar-refractivity contribution in [1.29, 1.82) is 0 Å². The van der Waals surface area contributed by atoms with Crippen molar-refractivity contribution >= 4 is 17.3 Å². The highest BCUT2D eigenvalue weighted by Gasteiger charge is 2.32.